The number of anilines is 1. The average molecular weight is 321 g/mol. The highest BCUT2D eigenvalue weighted by Crippen LogP contribution is 2.30. The summed E-state index contributed by atoms with van der Waals surface area (Å²) >= 11 is 0. The number of nitrogens with one attached hydrogen (secondary N) is 1. The highest BCUT2D eigenvalue weighted by atomic mass is 19.1. The van der Waals surface area contributed by atoms with Crippen molar-refractivity contribution in [3.05, 3.63) is 76.7 Å². The molecule has 24 heavy (non-hydrogen) atoms. The Morgan fingerprint density at radius 2 is 1.75 bits per heavy atom. The van der Waals surface area contributed by atoms with Crippen molar-refractivity contribution in [3.63, 3.8) is 0 Å². The highest BCUT2D eigenvalue weighted by Gasteiger charge is 2.22. The van der Waals surface area contributed by atoms with E-state index in [0.29, 0.717) is 0 Å². The van der Waals surface area contributed by atoms with Gasteiger partial charge in [0.05, 0.1) is 11.4 Å². The van der Waals surface area contributed by atoms with Crippen LogP contribution < -0.4 is 5.32 Å². The maximum atomic E-state index is 13.1. The zero-order chi connectivity index (χ0) is 16.5. The van der Waals surface area contributed by atoms with Gasteiger partial charge in [-0.05, 0) is 48.2 Å². The molecule has 3 aromatic rings. The normalized spacial score (nSPS) is 12.9. The molecule has 0 saturated heterocycles. The summed E-state index contributed by atoms with van der Waals surface area (Å²) in [6.45, 7) is 3.10. The van der Waals surface area contributed by atoms with Gasteiger partial charge < -0.3 is 5.32 Å². The molecule has 122 valence electrons. The number of rotatable bonds is 4. The molecule has 3 nitrogen and oxygen atoms in total. The first kappa shape index (κ1) is 14.9. The van der Waals surface area contributed by atoms with Gasteiger partial charge in [-0.1, -0.05) is 31.2 Å². The van der Waals surface area contributed by atoms with Crippen LogP contribution in [-0.4, -0.2) is 16.3 Å². The third-order valence-electron chi connectivity index (χ3n) is 4.61. The molecule has 1 aromatic heterocycles. The topological polar surface area (TPSA) is 29.9 Å². The summed E-state index contributed by atoms with van der Waals surface area (Å²) < 4.78 is 15.1. The van der Waals surface area contributed by atoms with E-state index in [1.165, 1.54) is 23.3 Å². The Labute approximate surface area is 141 Å². The minimum absolute atomic E-state index is 0.202. The van der Waals surface area contributed by atoms with Crippen LogP contribution in [0.25, 0.3) is 5.69 Å². The molecule has 4 rings (SSSR count). The van der Waals surface area contributed by atoms with Gasteiger partial charge in [0.15, 0.2) is 0 Å². The van der Waals surface area contributed by atoms with E-state index in [2.05, 4.69) is 36.5 Å². The van der Waals surface area contributed by atoms with Crippen LogP contribution in [0, 0.1) is 5.82 Å². The van der Waals surface area contributed by atoms with Gasteiger partial charge in [0.2, 0.25) is 0 Å². The molecule has 0 atom stereocenters. The molecule has 4 heteroatoms. The summed E-state index contributed by atoms with van der Waals surface area (Å²) in [6, 6.07) is 15.2. The Morgan fingerprint density at radius 3 is 2.46 bits per heavy atom. The van der Waals surface area contributed by atoms with E-state index in [-0.39, 0.29) is 5.82 Å². The summed E-state index contributed by atoms with van der Waals surface area (Å²) in [6.07, 6.45) is 2.74. The molecule has 0 aliphatic carbocycles. The second-order valence-electron chi connectivity index (χ2n) is 6.19. The maximum Gasteiger partial charge on any atom is 0.133 e. The molecule has 0 unspecified atom stereocenters. The molecule has 0 amide bonds. The van der Waals surface area contributed by atoms with Crippen LogP contribution in [0.4, 0.5) is 10.2 Å². The lowest BCUT2D eigenvalue weighted by molar-refractivity contribution is 0.627. The van der Waals surface area contributed by atoms with Crippen LogP contribution in [-0.2, 0) is 19.3 Å². The molecule has 0 radical (unpaired) electrons. The van der Waals surface area contributed by atoms with Crippen molar-refractivity contribution >= 4 is 5.82 Å². The third-order valence-corrected chi connectivity index (χ3v) is 4.61. The molecule has 0 bridgehead atoms. The van der Waals surface area contributed by atoms with Crippen molar-refractivity contribution in [2.45, 2.75) is 26.2 Å². The second kappa shape index (κ2) is 6.11. The molecule has 2 aromatic carbocycles. The largest absolute Gasteiger partial charge is 0.369 e. The van der Waals surface area contributed by atoms with Gasteiger partial charge in [0, 0.05) is 18.5 Å². The standard InChI is InChI=1S/C20H20FN3/c1-2-14-5-9-17(10-6-14)24-20-18(11-12-22-20)19(23-24)13-15-3-7-16(21)8-4-15/h3-10,22H,2,11-13H2,1H3. The Bertz CT molecular complexity index is 848. The quantitative estimate of drug-likeness (QED) is 0.783. The number of aryl methyl sites for hydroxylation is 1. The summed E-state index contributed by atoms with van der Waals surface area (Å²) in [7, 11) is 0. The minimum Gasteiger partial charge on any atom is -0.369 e. The van der Waals surface area contributed by atoms with Gasteiger partial charge in [-0.25, -0.2) is 9.07 Å². The molecule has 1 N–H and O–H groups in total. The number of hydrogen-bond donors (Lipinski definition) is 1. The zero-order valence-corrected chi connectivity index (χ0v) is 13.7. The Morgan fingerprint density at radius 1 is 1.04 bits per heavy atom. The average Bonchev–Trinajstić information content (AvgIpc) is 3.21. The Balaban J connectivity index is 1.70. The number of nitrogens with zero attached hydrogens (tertiary/aromatic N) is 2. The lowest BCUT2D eigenvalue weighted by atomic mass is 10.1. The Kier molecular flexibility index (Phi) is 3.81. The summed E-state index contributed by atoms with van der Waals surface area (Å²) in [5.41, 5.74) is 5.82. The van der Waals surface area contributed by atoms with E-state index >= 15 is 0 Å². The van der Waals surface area contributed by atoms with Crippen LogP contribution in [0.15, 0.2) is 48.5 Å². The molecular weight excluding hydrogens is 301 g/mol. The monoisotopic (exact) mass is 321 g/mol. The van der Waals surface area contributed by atoms with Crippen LogP contribution in [0.1, 0.15) is 29.3 Å². The smallest absolute Gasteiger partial charge is 0.133 e. The van der Waals surface area contributed by atoms with Crippen LogP contribution in [0.5, 0.6) is 0 Å². The second-order valence-corrected chi connectivity index (χ2v) is 6.19. The van der Waals surface area contributed by atoms with Gasteiger partial charge in [-0.3, -0.25) is 0 Å². The van der Waals surface area contributed by atoms with Gasteiger partial charge in [-0.2, -0.15) is 5.10 Å². The fourth-order valence-corrected chi connectivity index (χ4v) is 3.24. The van der Waals surface area contributed by atoms with Gasteiger partial charge in [-0.15, -0.1) is 0 Å². The third kappa shape index (κ3) is 2.68. The lowest BCUT2D eigenvalue weighted by Crippen LogP contribution is -2.05. The van der Waals surface area contributed by atoms with Gasteiger partial charge in [0.25, 0.3) is 0 Å². The van der Waals surface area contributed by atoms with E-state index in [9.17, 15) is 4.39 Å². The maximum absolute atomic E-state index is 13.1. The Hall–Kier alpha value is -2.62. The van der Waals surface area contributed by atoms with Crippen molar-refractivity contribution < 1.29 is 4.39 Å². The van der Waals surface area contributed by atoms with Crippen molar-refractivity contribution in [3.8, 4) is 5.69 Å². The number of benzene rings is 2. The van der Waals surface area contributed by atoms with E-state index in [1.807, 2.05) is 16.8 Å². The lowest BCUT2D eigenvalue weighted by Gasteiger charge is -2.07. The molecule has 1 aliphatic heterocycles. The highest BCUT2D eigenvalue weighted by molar-refractivity contribution is 5.57. The van der Waals surface area contributed by atoms with E-state index in [4.69, 9.17) is 5.10 Å². The van der Waals surface area contributed by atoms with E-state index in [0.717, 1.165) is 48.6 Å². The van der Waals surface area contributed by atoms with Crippen molar-refractivity contribution in [2.24, 2.45) is 0 Å². The van der Waals surface area contributed by atoms with Crippen molar-refractivity contribution in [1.82, 2.24) is 9.78 Å². The molecule has 1 aliphatic rings. The fraction of sp³-hybridized carbons (Fsp3) is 0.250. The first-order chi connectivity index (χ1) is 11.7. The van der Waals surface area contributed by atoms with Gasteiger partial charge in [0.1, 0.15) is 11.6 Å². The van der Waals surface area contributed by atoms with Crippen molar-refractivity contribution in [1.29, 1.82) is 0 Å². The number of hydrogen-bond acceptors (Lipinski definition) is 2. The molecule has 0 saturated carbocycles. The van der Waals surface area contributed by atoms with E-state index < -0.39 is 0 Å². The predicted octanol–water partition coefficient (Wildman–Crippen LogP) is 4.13. The van der Waals surface area contributed by atoms with Crippen LogP contribution >= 0.6 is 0 Å². The fourth-order valence-electron chi connectivity index (χ4n) is 3.24. The van der Waals surface area contributed by atoms with E-state index in [1.54, 1.807) is 0 Å². The summed E-state index contributed by atoms with van der Waals surface area (Å²) in [5.74, 6) is 0.892. The summed E-state index contributed by atoms with van der Waals surface area (Å²) in [4.78, 5) is 0. The van der Waals surface area contributed by atoms with Crippen LogP contribution in [0.3, 0.4) is 0 Å². The molecule has 0 spiro atoms. The van der Waals surface area contributed by atoms with Crippen molar-refractivity contribution in [2.75, 3.05) is 11.9 Å². The van der Waals surface area contributed by atoms with Gasteiger partial charge >= 0.3 is 0 Å². The first-order valence-electron chi connectivity index (χ1n) is 8.43. The summed E-state index contributed by atoms with van der Waals surface area (Å²) in [5, 5.41) is 8.29. The van der Waals surface area contributed by atoms with Crippen LogP contribution in [0.2, 0.25) is 0 Å². The minimum atomic E-state index is -0.202. The number of halogens is 1. The SMILES string of the molecule is CCc1ccc(-n2nc(Cc3ccc(F)cc3)c3c2NCC3)cc1. The molecule has 2 heterocycles. The first-order valence-corrected chi connectivity index (χ1v) is 8.43. The number of aromatic nitrogens is 2. The molecular formula is C20H20FN3. The molecule has 0 fully saturated rings. The predicted molar refractivity (Wildman–Crippen MR) is 94.3 cm³/mol. The zero-order valence-electron chi connectivity index (χ0n) is 13.7. The number of fused-ring (bicyclic) bond motifs is 1.